The highest BCUT2D eigenvalue weighted by Crippen LogP contribution is 2.25. The quantitative estimate of drug-likeness (QED) is 0.660. The van der Waals surface area contributed by atoms with Crippen molar-refractivity contribution in [2.75, 3.05) is 6.26 Å². The van der Waals surface area contributed by atoms with Crippen LogP contribution in [-0.2, 0) is 0 Å². The molecule has 11 heavy (non-hydrogen) atoms. The Hall–Kier alpha value is -0.210. The van der Waals surface area contributed by atoms with E-state index in [1.165, 1.54) is 5.56 Å². The molecule has 0 N–H and O–H groups in total. The third kappa shape index (κ3) is 2.38. The molecule has 1 heterocycles. The molecule has 1 atom stereocenters. The van der Waals surface area contributed by atoms with Crippen molar-refractivity contribution in [1.82, 2.24) is 4.98 Å². The molecule has 1 rings (SSSR count). The summed E-state index contributed by atoms with van der Waals surface area (Å²) in [6.45, 7) is 2.15. The van der Waals surface area contributed by atoms with Gasteiger partial charge in [0.1, 0.15) is 5.15 Å². The maximum Gasteiger partial charge on any atom is 0.129 e. The minimum Gasteiger partial charge on any atom is -0.244 e. The van der Waals surface area contributed by atoms with Gasteiger partial charge in [-0.1, -0.05) is 17.7 Å². The number of pyridine rings is 1. The van der Waals surface area contributed by atoms with Gasteiger partial charge >= 0.3 is 0 Å². The fraction of sp³-hybridized carbons (Fsp3) is 0.375. The lowest BCUT2D eigenvalue weighted by Crippen LogP contribution is -1.87. The van der Waals surface area contributed by atoms with Gasteiger partial charge in [0.15, 0.2) is 0 Å². The van der Waals surface area contributed by atoms with Crippen LogP contribution in [0.15, 0.2) is 18.3 Å². The van der Waals surface area contributed by atoms with Gasteiger partial charge in [0, 0.05) is 11.4 Å². The van der Waals surface area contributed by atoms with Gasteiger partial charge in [-0.15, -0.1) is 0 Å². The molecule has 1 nitrogen and oxygen atoms in total. The second-order valence-corrected chi connectivity index (χ2v) is 3.86. The van der Waals surface area contributed by atoms with Gasteiger partial charge in [-0.2, -0.15) is 11.8 Å². The van der Waals surface area contributed by atoms with Gasteiger partial charge < -0.3 is 0 Å². The van der Waals surface area contributed by atoms with Crippen LogP contribution in [0.25, 0.3) is 0 Å². The van der Waals surface area contributed by atoms with Crippen molar-refractivity contribution >= 4 is 23.4 Å². The molecule has 1 aromatic rings. The Kier molecular flexibility index (Phi) is 3.21. The first-order valence-electron chi connectivity index (χ1n) is 3.38. The Balaban J connectivity index is 2.81. The highest BCUT2D eigenvalue weighted by Gasteiger charge is 2.02. The van der Waals surface area contributed by atoms with Crippen LogP contribution in [0, 0.1) is 0 Å². The zero-order valence-electron chi connectivity index (χ0n) is 6.54. The van der Waals surface area contributed by atoms with E-state index >= 15 is 0 Å². The molecule has 0 spiro atoms. The lowest BCUT2D eigenvalue weighted by Gasteiger charge is -2.06. The molecule has 0 aliphatic carbocycles. The van der Waals surface area contributed by atoms with Crippen LogP contribution < -0.4 is 0 Å². The largest absolute Gasteiger partial charge is 0.244 e. The van der Waals surface area contributed by atoms with E-state index in [0.717, 1.165) is 0 Å². The average Bonchev–Trinajstić information content (AvgIpc) is 2.05. The number of nitrogens with zero attached hydrogens (tertiary/aromatic N) is 1. The molecular weight excluding hydrogens is 178 g/mol. The standard InChI is InChI=1S/C8H10ClNS/c1-6(11-2)7-3-4-8(9)10-5-7/h3-6H,1-2H3. The molecule has 0 amide bonds. The minimum atomic E-state index is 0.500. The van der Waals surface area contributed by atoms with Crippen LogP contribution in [-0.4, -0.2) is 11.2 Å². The summed E-state index contributed by atoms with van der Waals surface area (Å²) in [5, 5.41) is 1.06. The maximum absolute atomic E-state index is 5.64. The Morgan fingerprint density at radius 1 is 1.55 bits per heavy atom. The molecule has 0 bridgehead atoms. The van der Waals surface area contributed by atoms with Crippen molar-refractivity contribution in [1.29, 1.82) is 0 Å². The summed E-state index contributed by atoms with van der Waals surface area (Å²) in [6.07, 6.45) is 3.91. The van der Waals surface area contributed by atoms with Gasteiger partial charge in [0.05, 0.1) is 0 Å². The zero-order chi connectivity index (χ0) is 8.27. The lowest BCUT2D eigenvalue weighted by atomic mass is 10.2. The van der Waals surface area contributed by atoms with Crippen LogP contribution in [0.4, 0.5) is 0 Å². The summed E-state index contributed by atoms with van der Waals surface area (Å²) in [5.41, 5.74) is 1.22. The van der Waals surface area contributed by atoms with E-state index in [2.05, 4.69) is 18.2 Å². The van der Waals surface area contributed by atoms with E-state index in [4.69, 9.17) is 11.6 Å². The number of hydrogen-bond acceptors (Lipinski definition) is 2. The molecule has 0 aliphatic heterocycles. The van der Waals surface area contributed by atoms with Crippen molar-refractivity contribution in [3.8, 4) is 0 Å². The first-order valence-corrected chi connectivity index (χ1v) is 5.05. The molecule has 1 unspecified atom stereocenters. The fourth-order valence-electron chi connectivity index (χ4n) is 0.764. The third-order valence-corrected chi connectivity index (χ3v) is 2.78. The topological polar surface area (TPSA) is 12.9 Å². The predicted octanol–water partition coefficient (Wildman–Crippen LogP) is 3.16. The zero-order valence-corrected chi connectivity index (χ0v) is 8.12. The molecule has 0 saturated heterocycles. The Morgan fingerprint density at radius 2 is 2.27 bits per heavy atom. The van der Waals surface area contributed by atoms with Gasteiger partial charge in [-0.05, 0) is 24.8 Å². The molecule has 0 radical (unpaired) electrons. The van der Waals surface area contributed by atoms with Crippen LogP contribution in [0.1, 0.15) is 17.7 Å². The molecule has 60 valence electrons. The molecule has 0 aromatic carbocycles. The first kappa shape index (κ1) is 8.88. The highest BCUT2D eigenvalue weighted by atomic mass is 35.5. The maximum atomic E-state index is 5.64. The van der Waals surface area contributed by atoms with Gasteiger partial charge in [-0.3, -0.25) is 0 Å². The van der Waals surface area contributed by atoms with E-state index in [1.54, 1.807) is 11.8 Å². The normalized spacial score (nSPS) is 13.0. The van der Waals surface area contributed by atoms with Gasteiger partial charge in [-0.25, -0.2) is 4.98 Å². The first-order chi connectivity index (χ1) is 5.24. The van der Waals surface area contributed by atoms with Crippen molar-refractivity contribution in [2.45, 2.75) is 12.2 Å². The van der Waals surface area contributed by atoms with Crippen molar-refractivity contribution < 1.29 is 0 Å². The predicted molar refractivity (Wildman–Crippen MR) is 51.2 cm³/mol. The smallest absolute Gasteiger partial charge is 0.129 e. The number of halogens is 1. The summed E-state index contributed by atoms with van der Waals surface area (Å²) in [6, 6.07) is 3.83. The number of rotatable bonds is 2. The molecular formula is C8H10ClNS. The molecule has 1 aromatic heterocycles. The Bertz CT molecular complexity index is 222. The third-order valence-electron chi connectivity index (χ3n) is 1.57. The molecule has 0 saturated carbocycles. The van der Waals surface area contributed by atoms with Crippen molar-refractivity contribution in [3.05, 3.63) is 29.0 Å². The second kappa shape index (κ2) is 3.98. The summed E-state index contributed by atoms with van der Waals surface area (Å²) in [7, 11) is 0. The van der Waals surface area contributed by atoms with Gasteiger partial charge in [0.25, 0.3) is 0 Å². The van der Waals surface area contributed by atoms with Crippen molar-refractivity contribution in [2.24, 2.45) is 0 Å². The van der Waals surface area contributed by atoms with E-state index in [0.29, 0.717) is 10.4 Å². The van der Waals surface area contributed by atoms with Crippen LogP contribution in [0.3, 0.4) is 0 Å². The molecule has 0 aliphatic rings. The Morgan fingerprint density at radius 3 is 2.73 bits per heavy atom. The van der Waals surface area contributed by atoms with E-state index in [1.807, 2.05) is 18.3 Å². The average molecular weight is 188 g/mol. The molecule has 0 fully saturated rings. The van der Waals surface area contributed by atoms with E-state index in [-0.39, 0.29) is 0 Å². The number of aromatic nitrogens is 1. The highest BCUT2D eigenvalue weighted by molar-refractivity contribution is 7.98. The molecule has 3 heteroatoms. The number of thioether (sulfide) groups is 1. The van der Waals surface area contributed by atoms with E-state index < -0.39 is 0 Å². The minimum absolute atomic E-state index is 0.500. The number of hydrogen-bond donors (Lipinski definition) is 0. The van der Waals surface area contributed by atoms with E-state index in [9.17, 15) is 0 Å². The SMILES string of the molecule is CSC(C)c1ccc(Cl)nc1. The summed E-state index contributed by atoms with van der Waals surface area (Å²) in [5.74, 6) is 0. The summed E-state index contributed by atoms with van der Waals surface area (Å²) in [4.78, 5) is 4.00. The summed E-state index contributed by atoms with van der Waals surface area (Å²) < 4.78 is 0. The summed E-state index contributed by atoms with van der Waals surface area (Å²) >= 11 is 7.44. The van der Waals surface area contributed by atoms with Gasteiger partial charge in [0.2, 0.25) is 0 Å². The van der Waals surface area contributed by atoms with Crippen LogP contribution >= 0.6 is 23.4 Å². The Labute approximate surface area is 76.2 Å². The monoisotopic (exact) mass is 187 g/mol. The second-order valence-electron chi connectivity index (χ2n) is 2.29. The lowest BCUT2D eigenvalue weighted by molar-refractivity contribution is 1.07. The van der Waals surface area contributed by atoms with Crippen LogP contribution in [0.2, 0.25) is 5.15 Å². The fourth-order valence-corrected chi connectivity index (χ4v) is 1.29. The van der Waals surface area contributed by atoms with Crippen LogP contribution in [0.5, 0.6) is 0 Å². The van der Waals surface area contributed by atoms with Crippen molar-refractivity contribution in [3.63, 3.8) is 0 Å².